The van der Waals surface area contributed by atoms with E-state index >= 15 is 0 Å². The molecule has 2 aromatic rings. The quantitative estimate of drug-likeness (QED) is 0.878. The van der Waals surface area contributed by atoms with Crippen LogP contribution in [0.3, 0.4) is 0 Å². The Balaban J connectivity index is 2.34. The Labute approximate surface area is 129 Å². The van der Waals surface area contributed by atoms with Crippen LogP contribution in [0.25, 0.3) is 0 Å². The summed E-state index contributed by atoms with van der Waals surface area (Å²) in [7, 11) is -0.698. The first kappa shape index (κ1) is 16.2. The van der Waals surface area contributed by atoms with Crippen molar-refractivity contribution in [2.45, 2.75) is 25.3 Å². The molecule has 7 nitrogen and oxygen atoms in total. The van der Waals surface area contributed by atoms with Crippen molar-refractivity contribution in [3.05, 3.63) is 30.1 Å². The van der Waals surface area contributed by atoms with Crippen molar-refractivity contribution < 1.29 is 17.9 Å². The normalized spacial score (nSPS) is 11.3. The molecule has 2 rings (SSSR count). The van der Waals surface area contributed by atoms with E-state index in [9.17, 15) is 8.42 Å². The lowest BCUT2D eigenvalue weighted by atomic mass is 10.3. The van der Waals surface area contributed by atoms with Gasteiger partial charge in [0, 0.05) is 12.6 Å². The van der Waals surface area contributed by atoms with Crippen LogP contribution in [0.2, 0.25) is 0 Å². The van der Waals surface area contributed by atoms with E-state index in [0.717, 1.165) is 0 Å². The monoisotopic (exact) mass is 325 g/mol. The number of aryl methyl sites for hydroxylation is 1. The number of nitrogens with zero attached hydrogens (tertiary/aromatic N) is 2. The van der Waals surface area contributed by atoms with Crippen LogP contribution in [0.15, 0.2) is 29.3 Å². The largest absolute Gasteiger partial charge is 0.493 e. The Hall–Kier alpha value is -2.22. The van der Waals surface area contributed by atoms with Gasteiger partial charge < -0.3 is 9.47 Å². The van der Waals surface area contributed by atoms with Crippen molar-refractivity contribution in [1.29, 1.82) is 0 Å². The molecular formula is C14H19N3O4S. The molecule has 0 saturated heterocycles. The average Bonchev–Trinajstić information content (AvgIpc) is 2.88. The van der Waals surface area contributed by atoms with Crippen molar-refractivity contribution >= 4 is 15.7 Å². The fourth-order valence-electron chi connectivity index (χ4n) is 2.12. The van der Waals surface area contributed by atoms with Crippen molar-refractivity contribution in [1.82, 2.24) is 9.78 Å². The highest BCUT2D eigenvalue weighted by molar-refractivity contribution is 7.92. The maximum atomic E-state index is 12.5. The highest BCUT2D eigenvalue weighted by Gasteiger charge is 2.21. The molecule has 0 aliphatic carbocycles. The number of hydrogen-bond acceptors (Lipinski definition) is 5. The number of aromatic nitrogens is 2. The molecule has 0 atom stereocenters. The average molecular weight is 325 g/mol. The Kier molecular flexibility index (Phi) is 4.60. The van der Waals surface area contributed by atoms with E-state index in [2.05, 4.69) is 9.82 Å². The van der Waals surface area contributed by atoms with Crippen molar-refractivity contribution in [3.8, 4) is 11.5 Å². The minimum Gasteiger partial charge on any atom is -0.493 e. The predicted molar refractivity (Wildman–Crippen MR) is 83.0 cm³/mol. The summed E-state index contributed by atoms with van der Waals surface area (Å²) in [5, 5.41) is 4.06. The smallest absolute Gasteiger partial charge is 0.265 e. The molecule has 0 amide bonds. The van der Waals surface area contributed by atoms with Gasteiger partial charge in [0.1, 0.15) is 4.90 Å². The van der Waals surface area contributed by atoms with Gasteiger partial charge in [-0.05, 0) is 26.0 Å². The Morgan fingerprint density at radius 1 is 1.23 bits per heavy atom. The molecule has 0 unspecified atom stereocenters. The SMILES string of the molecule is CCn1ncc(S(=O)(=O)Nc2ccc(OC)c(OC)c2)c1C. The van der Waals surface area contributed by atoms with Gasteiger partial charge in [0.25, 0.3) is 10.0 Å². The van der Waals surface area contributed by atoms with Gasteiger partial charge in [0.2, 0.25) is 0 Å². The Morgan fingerprint density at radius 3 is 2.45 bits per heavy atom. The van der Waals surface area contributed by atoms with Crippen LogP contribution in [0.1, 0.15) is 12.6 Å². The highest BCUT2D eigenvalue weighted by Crippen LogP contribution is 2.31. The Morgan fingerprint density at radius 2 is 1.91 bits per heavy atom. The number of nitrogens with one attached hydrogen (secondary N) is 1. The molecule has 0 aliphatic heterocycles. The second-order valence-corrected chi connectivity index (χ2v) is 6.24. The van der Waals surface area contributed by atoms with Crippen LogP contribution < -0.4 is 14.2 Å². The summed E-state index contributed by atoms with van der Waals surface area (Å²) in [6, 6.07) is 4.81. The van der Waals surface area contributed by atoms with Crippen molar-refractivity contribution in [3.63, 3.8) is 0 Å². The highest BCUT2D eigenvalue weighted by atomic mass is 32.2. The first-order chi connectivity index (χ1) is 10.4. The van der Waals surface area contributed by atoms with E-state index in [4.69, 9.17) is 9.47 Å². The maximum absolute atomic E-state index is 12.5. The molecule has 120 valence electrons. The summed E-state index contributed by atoms with van der Waals surface area (Å²) >= 11 is 0. The van der Waals surface area contributed by atoms with E-state index in [1.807, 2.05) is 6.92 Å². The van der Waals surface area contributed by atoms with E-state index in [-0.39, 0.29) is 4.90 Å². The van der Waals surface area contributed by atoms with Crippen LogP contribution in [0.4, 0.5) is 5.69 Å². The van der Waals surface area contributed by atoms with Crippen LogP contribution in [0.5, 0.6) is 11.5 Å². The van der Waals surface area contributed by atoms with Crippen LogP contribution in [-0.4, -0.2) is 32.4 Å². The third-order valence-electron chi connectivity index (χ3n) is 3.28. The molecule has 8 heteroatoms. The standard InChI is InChI=1S/C14H19N3O4S/c1-5-17-10(2)14(9-15-17)22(18,19)16-11-6-7-12(20-3)13(8-11)21-4/h6-9,16H,5H2,1-4H3. The molecule has 0 fully saturated rings. The fourth-order valence-corrected chi connectivity index (χ4v) is 3.35. The van der Waals surface area contributed by atoms with Gasteiger partial charge in [-0.1, -0.05) is 0 Å². The van der Waals surface area contributed by atoms with Crippen LogP contribution in [0, 0.1) is 6.92 Å². The number of benzene rings is 1. The van der Waals surface area contributed by atoms with Crippen molar-refractivity contribution in [2.24, 2.45) is 0 Å². The predicted octanol–water partition coefficient (Wildman–Crippen LogP) is 2.03. The van der Waals surface area contributed by atoms with Crippen LogP contribution in [-0.2, 0) is 16.6 Å². The molecule has 0 radical (unpaired) electrons. The molecule has 1 N–H and O–H groups in total. The zero-order valence-corrected chi connectivity index (χ0v) is 13.8. The number of anilines is 1. The molecule has 22 heavy (non-hydrogen) atoms. The van der Waals surface area contributed by atoms with E-state index < -0.39 is 10.0 Å². The lowest BCUT2D eigenvalue weighted by molar-refractivity contribution is 0.355. The summed E-state index contributed by atoms with van der Waals surface area (Å²) in [6.07, 6.45) is 1.35. The topological polar surface area (TPSA) is 82.5 Å². The minimum absolute atomic E-state index is 0.157. The third-order valence-corrected chi connectivity index (χ3v) is 4.77. The van der Waals surface area contributed by atoms with Gasteiger partial charge >= 0.3 is 0 Å². The molecule has 0 spiro atoms. The van der Waals surface area contributed by atoms with Gasteiger partial charge in [0.15, 0.2) is 11.5 Å². The van der Waals surface area contributed by atoms with Gasteiger partial charge in [-0.2, -0.15) is 5.10 Å². The first-order valence-corrected chi connectivity index (χ1v) is 8.18. The van der Waals surface area contributed by atoms with E-state index in [1.54, 1.807) is 29.8 Å². The number of sulfonamides is 1. The molecule has 1 heterocycles. The summed E-state index contributed by atoms with van der Waals surface area (Å²) in [6.45, 7) is 4.23. The molecular weight excluding hydrogens is 306 g/mol. The number of hydrogen-bond donors (Lipinski definition) is 1. The molecule has 0 bridgehead atoms. The van der Waals surface area contributed by atoms with Gasteiger partial charge in [-0.15, -0.1) is 0 Å². The van der Waals surface area contributed by atoms with E-state index in [1.165, 1.54) is 20.4 Å². The summed E-state index contributed by atoms with van der Waals surface area (Å²) in [5.74, 6) is 0.976. The zero-order chi connectivity index (χ0) is 16.3. The van der Waals surface area contributed by atoms with Gasteiger partial charge in [0.05, 0.1) is 31.8 Å². The third kappa shape index (κ3) is 3.01. The molecule has 1 aromatic heterocycles. The summed E-state index contributed by atoms with van der Waals surface area (Å²) in [5.41, 5.74) is 0.983. The first-order valence-electron chi connectivity index (χ1n) is 6.70. The lowest BCUT2D eigenvalue weighted by Crippen LogP contribution is -2.14. The fraction of sp³-hybridized carbons (Fsp3) is 0.357. The molecule has 1 aromatic carbocycles. The minimum atomic E-state index is -3.71. The number of rotatable bonds is 6. The van der Waals surface area contributed by atoms with E-state index in [0.29, 0.717) is 29.4 Å². The summed E-state index contributed by atoms with van der Waals surface area (Å²) in [4.78, 5) is 0.157. The zero-order valence-electron chi connectivity index (χ0n) is 13.0. The number of methoxy groups -OCH3 is 2. The van der Waals surface area contributed by atoms with Crippen molar-refractivity contribution in [2.75, 3.05) is 18.9 Å². The molecule has 0 saturated carbocycles. The lowest BCUT2D eigenvalue weighted by Gasteiger charge is -2.11. The van der Waals surface area contributed by atoms with Crippen LogP contribution >= 0.6 is 0 Å². The molecule has 0 aliphatic rings. The second kappa shape index (κ2) is 6.27. The second-order valence-electron chi connectivity index (χ2n) is 4.59. The van der Waals surface area contributed by atoms with Gasteiger partial charge in [-0.3, -0.25) is 9.40 Å². The number of ether oxygens (including phenoxy) is 2. The summed E-state index contributed by atoms with van der Waals surface area (Å²) < 4.78 is 39.4. The van der Waals surface area contributed by atoms with Gasteiger partial charge in [-0.25, -0.2) is 8.42 Å². The Bertz CT molecular complexity index is 768. The maximum Gasteiger partial charge on any atom is 0.265 e.